The van der Waals surface area contributed by atoms with Gasteiger partial charge in [0, 0.05) is 29.3 Å². The van der Waals surface area contributed by atoms with Crippen LogP contribution in [-0.2, 0) is 0 Å². The third-order valence-corrected chi connectivity index (χ3v) is 5.81. The van der Waals surface area contributed by atoms with Gasteiger partial charge >= 0.3 is 0 Å². The van der Waals surface area contributed by atoms with Gasteiger partial charge in [0.05, 0.1) is 6.17 Å². The van der Waals surface area contributed by atoms with Gasteiger partial charge in [-0.2, -0.15) is 0 Å². The van der Waals surface area contributed by atoms with Crippen LogP contribution in [-0.4, -0.2) is 27.6 Å². The van der Waals surface area contributed by atoms with Crippen LogP contribution in [0, 0.1) is 16.7 Å². The Morgan fingerprint density at radius 2 is 1.58 bits per heavy atom. The third kappa shape index (κ3) is 2.65. The second kappa shape index (κ2) is 5.20. The van der Waals surface area contributed by atoms with E-state index in [2.05, 4.69) is 89.6 Å². The first-order chi connectivity index (χ1) is 10.8. The number of rotatable bonds is 0. The molecule has 3 heterocycles. The highest BCUT2D eigenvalue weighted by molar-refractivity contribution is 5.55. The molecule has 0 amide bonds. The molecule has 3 heteroatoms. The van der Waals surface area contributed by atoms with E-state index in [-0.39, 0.29) is 16.4 Å². The zero-order valence-corrected chi connectivity index (χ0v) is 16.9. The maximum atomic E-state index is 4.62. The minimum atomic E-state index is 0.107. The minimum absolute atomic E-state index is 0.107. The summed E-state index contributed by atoms with van der Waals surface area (Å²) in [6.07, 6.45) is 2.24. The summed E-state index contributed by atoms with van der Waals surface area (Å²) in [5.74, 6) is 2.17. The van der Waals surface area contributed by atoms with Crippen molar-refractivity contribution in [3.8, 4) is 0 Å². The molecule has 0 spiro atoms. The first-order valence-electron chi connectivity index (χ1n) is 9.33. The molecule has 0 aromatic carbocycles. The molecule has 1 saturated heterocycles. The van der Waals surface area contributed by atoms with Crippen LogP contribution >= 0.6 is 0 Å². The Bertz CT molecular complexity index is 615. The van der Waals surface area contributed by atoms with Crippen molar-refractivity contribution >= 4 is 5.82 Å². The molecule has 3 rings (SSSR count). The van der Waals surface area contributed by atoms with Crippen LogP contribution in [0.4, 0.5) is 5.82 Å². The van der Waals surface area contributed by atoms with Crippen molar-refractivity contribution in [3.05, 3.63) is 23.9 Å². The minimum Gasteiger partial charge on any atom is -0.354 e. The molecule has 0 bridgehead atoms. The lowest BCUT2D eigenvalue weighted by Crippen LogP contribution is -2.56. The highest BCUT2D eigenvalue weighted by Gasteiger charge is 2.61. The molecule has 2 aliphatic heterocycles. The van der Waals surface area contributed by atoms with E-state index in [1.807, 2.05) is 6.20 Å². The van der Waals surface area contributed by atoms with Crippen molar-refractivity contribution in [2.75, 3.05) is 5.32 Å². The molecule has 0 aliphatic carbocycles. The predicted molar refractivity (Wildman–Crippen MR) is 102 cm³/mol. The molecule has 134 valence electrons. The van der Waals surface area contributed by atoms with E-state index < -0.39 is 0 Å². The molecule has 24 heavy (non-hydrogen) atoms. The molecular weight excluding hydrogens is 294 g/mol. The highest BCUT2D eigenvalue weighted by atomic mass is 15.4. The number of aromatic nitrogens is 1. The molecule has 3 nitrogen and oxygen atoms in total. The van der Waals surface area contributed by atoms with E-state index in [1.54, 1.807) is 0 Å². The first kappa shape index (κ1) is 17.7. The van der Waals surface area contributed by atoms with Gasteiger partial charge in [-0.25, -0.2) is 4.98 Å². The zero-order valence-electron chi connectivity index (χ0n) is 16.9. The van der Waals surface area contributed by atoms with Gasteiger partial charge in [0.2, 0.25) is 0 Å². The van der Waals surface area contributed by atoms with Crippen molar-refractivity contribution in [1.29, 1.82) is 0 Å². The van der Waals surface area contributed by atoms with Crippen molar-refractivity contribution in [1.82, 2.24) is 9.88 Å². The van der Waals surface area contributed by atoms with Gasteiger partial charge < -0.3 is 5.32 Å². The van der Waals surface area contributed by atoms with Crippen molar-refractivity contribution in [2.24, 2.45) is 16.7 Å². The van der Waals surface area contributed by atoms with Crippen LogP contribution < -0.4 is 5.32 Å². The van der Waals surface area contributed by atoms with Crippen LogP contribution in [0.3, 0.4) is 0 Å². The topological polar surface area (TPSA) is 28.2 Å². The molecule has 1 N–H and O–H groups in total. The summed E-state index contributed by atoms with van der Waals surface area (Å²) in [6.45, 7) is 21.5. The fourth-order valence-electron chi connectivity index (χ4n) is 5.18. The molecule has 1 aromatic heterocycles. The van der Waals surface area contributed by atoms with Crippen LogP contribution in [0.1, 0.15) is 73.8 Å². The van der Waals surface area contributed by atoms with E-state index >= 15 is 0 Å². The standard InChI is InChI=1S/C21H35N3/c1-19(2,3)15-14-13-11-10-12-22-17(13)23-18(14)24(21(7,8)9)16(15)20(4,5)6/h10-12,14-16,18H,1-9H3,(H,22,23). The molecular formula is C21H35N3. The Morgan fingerprint density at radius 1 is 0.958 bits per heavy atom. The molecule has 2 aliphatic rings. The number of hydrogen-bond acceptors (Lipinski definition) is 3. The van der Waals surface area contributed by atoms with Crippen molar-refractivity contribution in [3.63, 3.8) is 0 Å². The fourth-order valence-corrected chi connectivity index (χ4v) is 5.18. The quantitative estimate of drug-likeness (QED) is 0.717. The van der Waals surface area contributed by atoms with Gasteiger partial charge in [-0.3, -0.25) is 4.90 Å². The fraction of sp³-hybridized carbons (Fsp3) is 0.762. The number of hydrogen-bond donors (Lipinski definition) is 1. The van der Waals surface area contributed by atoms with Crippen LogP contribution in [0.25, 0.3) is 0 Å². The lowest BCUT2D eigenvalue weighted by atomic mass is 9.64. The van der Waals surface area contributed by atoms with E-state index in [1.165, 1.54) is 5.56 Å². The number of nitrogens with zero attached hydrogens (tertiary/aromatic N) is 2. The molecule has 1 aromatic rings. The SMILES string of the molecule is CC(C)(C)C1C2c3cccnc3NC2N(C(C)(C)C)C1C(C)(C)C. The number of fused-ring (bicyclic) bond motifs is 3. The highest BCUT2D eigenvalue weighted by Crippen LogP contribution is 2.59. The monoisotopic (exact) mass is 329 g/mol. The van der Waals surface area contributed by atoms with Gasteiger partial charge in [-0.15, -0.1) is 0 Å². The van der Waals surface area contributed by atoms with E-state index in [9.17, 15) is 0 Å². The summed E-state index contributed by atoms with van der Waals surface area (Å²) in [5.41, 5.74) is 1.97. The zero-order chi connectivity index (χ0) is 18.1. The van der Waals surface area contributed by atoms with E-state index in [0.717, 1.165) is 5.82 Å². The number of nitrogens with one attached hydrogen (secondary N) is 1. The van der Waals surface area contributed by atoms with Crippen molar-refractivity contribution in [2.45, 2.75) is 86.0 Å². The van der Waals surface area contributed by atoms with E-state index in [0.29, 0.717) is 24.0 Å². The summed E-state index contributed by atoms with van der Waals surface area (Å²) in [7, 11) is 0. The van der Waals surface area contributed by atoms with Crippen LogP contribution in [0.5, 0.6) is 0 Å². The Morgan fingerprint density at radius 3 is 2.08 bits per heavy atom. The first-order valence-corrected chi connectivity index (χ1v) is 9.33. The maximum Gasteiger partial charge on any atom is 0.130 e. The van der Waals surface area contributed by atoms with E-state index in [4.69, 9.17) is 0 Å². The van der Waals surface area contributed by atoms with Gasteiger partial charge in [0.1, 0.15) is 5.82 Å². The molecule has 4 atom stereocenters. The molecule has 0 radical (unpaired) electrons. The predicted octanol–water partition coefficient (Wildman–Crippen LogP) is 5.11. The Kier molecular flexibility index (Phi) is 3.84. The van der Waals surface area contributed by atoms with Crippen LogP contribution in [0.2, 0.25) is 0 Å². The summed E-state index contributed by atoms with van der Waals surface area (Å²) < 4.78 is 0. The van der Waals surface area contributed by atoms with Gasteiger partial charge in [-0.05, 0) is 43.6 Å². The average molecular weight is 330 g/mol. The summed E-state index contributed by atoms with van der Waals surface area (Å²) in [5, 5.41) is 3.77. The number of anilines is 1. The van der Waals surface area contributed by atoms with Crippen molar-refractivity contribution < 1.29 is 0 Å². The largest absolute Gasteiger partial charge is 0.354 e. The smallest absolute Gasteiger partial charge is 0.130 e. The Labute approximate surface area is 148 Å². The Hall–Kier alpha value is -1.09. The molecule has 4 unspecified atom stereocenters. The summed E-state index contributed by atoms with van der Waals surface area (Å²) >= 11 is 0. The normalized spacial score (nSPS) is 30.9. The van der Waals surface area contributed by atoms with Gasteiger partial charge in [-0.1, -0.05) is 47.6 Å². The Balaban J connectivity index is 2.20. The molecule has 1 fully saturated rings. The average Bonchev–Trinajstić information content (AvgIpc) is 2.89. The van der Waals surface area contributed by atoms with Gasteiger partial charge in [0.25, 0.3) is 0 Å². The third-order valence-electron chi connectivity index (χ3n) is 5.81. The second-order valence-corrected chi connectivity index (χ2v) is 10.8. The summed E-state index contributed by atoms with van der Waals surface area (Å²) in [4.78, 5) is 7.37. The lowest BCUT2D eigenvalue weighted by Gasteiger charge is -2.49. The number of pyridine rings is 1. The number of likely N-dealkylation sites (tertiary alicyclic amines) is 1. The maximum absolute atomic E-state index is 4.62. The molecule has 0 saturated carbocycles. The second-order valence-electron chi connectivity index (χ2n) is 10.8. The summed E-state index contributed by atoms with van der Waals surface area (Å²) in [6, 6.07) is 4.90. The lowest BCUT2D eigenvalue weighted by molar-refractivity contribution is -0.000490. The van der Waals surface area contributed by atoms with Crippen LogP contribution in [0.15, 0.2) is 18.3 Å². The van der Waals surface area contributed by atoms with Gasteiger partial charge in [0.15, 0.2) is 0 Å².